The second-order valence-electron chi connectivity index (χ2n) is 2.85. The van der Waals surface area contributed by atoms with Crippen LogP contribution in [-0.2, 0) is 33.6 Å². The number of hydrogen-bond acceptors (Lipinski definition) is 1. The molecule has 0 aliphatic heterocycles. The van der Waals surface area contributed by atoms with Crippen molar-refractivity contribution >= 4 is 5.97 Å². The van der Waals surface area contributed by atoms with E-state index in [0.717, 1.165) is 5.56 Å². The first kappa shape index (κ1) is 15.8. The third-order valence-electron chi connectivity index (χ3n) is 1.75. The van der Waals surface area contributed by atoms with E-state index in [0.29, 0.717) is 6.42 Å². The Kier molecular flexibility index (Phi) is 8.79. The molecule has 0 amide bonds. The Hall–Kier alpha value is -0.610. The molecule has 77 valence electrons. The van der Waals surface area contributed by atoms with Crippen LogP contribution in [0.1, 0.15) is 12.5 Å². The quantitative estimate of drug-likeness (QED) is 0.657. The molecule has 0 unspecified atom stereocenters. The monoisotopic (exact) mass is 274 g/mol. The van der Waals surface area contributed by atoms with Crippen LogP contribution in [0.15, 0.2) is 24.3 Å². The van der Waals surface area contributed by atoms with Gasteiger partial charge in [0, 0.05) is 22.4 Å². The van der Waals surface area contributed by atoms with E-state index >= 15 is 0 Å². The summed E-state index contributed by atoms with van der Waals surface area (Å²) in [7, 11) is 0. The SMILES string of the molecule is C[C@@H](Cc1cc[c-]cc1)C(=O)O.O.[Nb]. The van der Waals surface area contributed by atoms with E-state index in [1.165, 1.54) is 0 Å². The molecule has 0 aromatic heterocycles. The molecular formula is C10H13NbO3-. The fraction of sp³-hybridized carbons (Fsp3) is 0.300. The van der Waals surface area contributed by atoms with Gasteiger partial charge in [-0.1, -0.05) is 6.92 Å². The molecular weight excluding hydrogens is 261 g/mol. The second kappa shape index (κ2) is 7.76. The molecule has 1 aromatic rings. The summed E-state index contributed by atoms with van der Waals surface area (Å²) in [6, 6.07) is 10.3. The van der Waals surface area contributed by atoms with E-state index in [1.807, 2.05) is 12.1 Å². The summed E-state index contributed by atoms with van der Waals surface area (Å²) < 4.78 is 0. The summed E-state index contributed by atoms with van der Waals surface area (Å²) >= 11 is 0. The van der Waals surface area contributed by atoms with Gasteiger partial charge < -0.3 is 10.6 Å². The minimum atomic E-state index is -0.747. The van der Waals surface area contributed by atoms with E-state index in [1.54, 1.807) is 19.1 Å². The smallest absolute Gasteiger partial charge is 0.306 e. The van der Waals surface area contributed by atoms with Gasteiger partial charge in [0.05, 0.1) is 5.92 Å². The molecule has 0 spiro atoms. The normalized spacial score (nSPS) is 10.6. The fourth-order valence-electron chi connectivity index (χ4n) is 0.998. The zero-order valence-corrected chi connectivity index (χ0v) is 10.1. The van der Waals surface area contributed by atoms with Crippen molar-refractivity contribution in [2.75, 3.05) is 0 Å². The molecule has 3 N–H and O–H groups in total. The number of carbonyl (C=O) groups is 1. The van der Waals surface area contributed by atoms with E-state index in [-0.39, 0.29) is 33.8 Å². The molecule has 3 nitrogen and oxygen atoms in total. The van der Waals surface area contributed by atoms with Crippen molar-refractivity contribution in [3.8, 4) is 0 Å². The Bertz CT molecular complexity index is 261. The summed E-state index contributed by atoms with van der Waals surface area (Å²) in [5.74, 6) is -1.06. The summed E-state index contributed by atoms with van der Waals surface area (Å²) in [4.78, 5) is 10.5. The maximum Gasteiger partial charge on any atom is 0.306 e. The second-order valence-corrected chi connectivity index (χ2v) is 2.85. The van der Waals surface area contributed by atoms with E-state index in [9.17, 15) is 4.79 Å². The van der Waals surface area contributed by atoms with Crippen LogP contribution in [0.25, 0.3) is 0 Å². The van der Waals surface area contributed by atoms with E-state index in [2.05, 4.69) is 6.07 Å². The minimum Gasteiger partial charge on any atom is -0.481 e. The third kappa shape index (κ3) is 5.19. The molecule has 0 bridgehead atoms. The first-order valence-electron chi connectivity index (χ1n) is 3.88. The van der Waals surface area contributed by atoms with Crippen LogP contribution in [0.2, 0.25) is 0 Å². The number of rotatable bonds is 3. The Labute approximate surface area is 99.0 Å². The third-order valence-corrected chi connectivity index (χ3v) is 1.75. The van der Waals surface area contributed by atoms with Gasteiger partial charge in [-0.2, -0.15) is 35.9 Å². The van der Waals surface area contributed by atoms with Crippen LogP contribution in [0.4, 0.5) is 0 Å². The van der Waals surface area contributed by atoms with Crippen LogP contribution in [0, 0.1) is 12.0 Å². The van der Waals surface area contributed by atoms with Gasteiger partial charge in [0.2, 0.25) is 0 Å². The van der Waals surface area contributed by atoms with Gasteiger partial charge in [-0.05, 0) is 6.42 Å². The molecule has 1 rings (SSSR count). The Morgan fingerprint density at radius 1 is 1.50 bits per heavy atom. The van der Waals surface area contributed by atoms with Gasteiger partial charge in [-0.15, -0.1) is 0 Å². The predicted octanol–water partition coefficient (Wildman–Crippen LogP) is 0.923. The molecule has 14 heavy (non-hydrogen) atoms. The van der Waals surface area contributed by atoms with Crippen molar-refractivity contribution in [1.82, 2.24) is 0 Å². The summed E-state index contributed by atoms with van der Waals surface area (Å²) in [6.07, 6.45) is 0.587. The molecule has 0 saturated carbocycles. The summed E-state index contributed by atoms with van der Waals surface area (Å²) in [5.41, 5.74) is 1.05. The summed E-state index contributed by atoms with van der Waals surface area (Å²) in [6.45, 7) is 1.71. The molecule has 1 aromatic carbocycles. The van der Waals surface area contributed by atoms with Crippen LogP contribution >= 0.6 is 0 Å². The van der Waals surface area contributed by atoms with E-state index < -0.39 is 5.97 Å². The van der Waals surface area contributed by atoms with Gasteiger partial charge in [0.25, 0.3) is 0 Å². The van der Waals surface area contributed by atoms with Gasteiger partial charge in [0.15, 0.2) is 0 Å². The molecule has 0 heterocycles. The Morgan fingerprint density at radius 2 is 2.00 bits per heavy atom. The topological polar surface area (TPSA) is 68.8 Å². The van der Waals surface area contributed by atoms with Gasteiger partial charge >= 0.3 is 5.97 Å². The summed E-state index contributed by atoms with van der Waals surface area (Å²) in [5, 5.41) is 8.64. The molecule has 1 radical (unpaired) electrons. The van der Waals surface area contributed by atoms with Gasteiger partial charge in [0.1, 0.15) is 0 Å². The Morgan fingerprint density at radius 3 is 2.43 bits per heavy atom. The molecule has 1 atom stereocenters. The molecule has 0 aliphatic carbocycles. The zero-order chi connectivity index (χ0) is 8.97. The maximum atomic E-state index is 10.5. The Balaban J connectivity index is 0. The standard InChI is InChI=1S/C10H11O2.Nb.H2O/c1-8(10(11)12)7-9-5-3-2-4-6-9;;/h3-6,8H,7H2,1H3,(H,11,12);;1H2/q-1;;/t8-;;/m0../s1. The van der Waals surface area contributed by atoms with E-state index in [4.69, 9.17) is 5.11 Å². The van der Waals surface area contributed by atoms with Gasteiger partial charge in [-0.25, -0.2) is 0 Å². The number of aliphatic carboxylic acids is 1. The van der Waals surface area contributed by atoms with Gasteiger partial charge in [-0.3, -0.25) is 4.79 Å². The number of carboxylic acids is 1. The minimum absolute atomic E-state index is 0. The fourth-order valence-corrected chi connectivity index (χ4v) is 0.998. The van der Waals surface area contributed by atoms with Crippen molar-refractivity contribution in [3.05, 3.63) is 35.9 Å². The first-order valence-corrected chi connectivity index (χ1v) is 3.88. The van der Waals surface area contributed by atoms with Crippen molar-refractivity contribution < 1.29 is 37.8 Å². The molecule has 0 aliphatic rings. The first-order chi connectivity index (χ1) is 5.70. The predicted molar refractivity (Wildman–Crippen MR) is 49.4 cm³/mol. The largest absolute Gasteiger partial charge is 0.481 e. The zero-order valence-electron chi connectivity index (χ0n) is 7.90. The van der Waals surface area contributed by atoms with Crippen molar-refractivity contribution in [2.24, 2.45) is 5.92 Å². The maximum absolute atomic E-state index is 10.5. The number of carboxylic acid groups (broad SMARTS) is 1. The number of benzene rings is 1. The van der Waals surface area contributed by atoms with Crippen LogP contribution in [-0.4, -0.2) is 16.6 Å². The number of hydrogen-bond donors (Lipinski definition) is 1. The molecule has 0 saturated heterocycles. The van der Waals surface area contributed by atoms with Crippen LogP contribution in [0.5, 0.6) is 0 Å². The van der Waals surface area contributed by atoms with Crippen LogP contribution in [0.3, 0.4) is 0 Å². The van der Waals surface area contributed by atoms with Crippen molar-refractivity contribution in [2.45, 2.75) is 13.3 Å². The average molecular weight is 274 g/mol. The van der Waals surface area contributed by atoms with Crippen molar-refractivity contribution in [1.29, 1.82) is 0 Å². The average Bonchev–Trinajstić information content (AvgIpc) is 2.06. The van der Waals surface area contributed by atoms with Crippen LogP contribution < -0.4 is 0 Å². The molecule has 0 fully saturated rings. The van der Waals surface area contributed by atoms with Crippen molar-refractivity contribution in [3.63, 3.8) is 0 Å². The molecule has 4 heteroatoms.